The largest absolute Gasteiger partial charge is 0.458 e. The Morgan fingerprint density at radius 2 is 1.88 bits per heavy atom. The lowest BCUT2D eigenvalue weighted by Crippen LogP contribution is -2.73. The molecular weight excluding hydrogens is 546 g/mol. The van der Waals surface area contributed by atoms with Crippen molar-refractivity contribution in [3.05, 3.63) is 11.6 Å². The van der Waals surface area contributed by atoms with Gasteiger partial charge in [0.05, 0.1) is 30.0 Å². The van der Waals surface area contributed by atoms with E-state index in [1.165, 1.54) is 0 Å². The van der Waals surface area contributed by atoms with E-state index in [0.29, 0.717) is 18.8 Å². The number of carbonyl (C=O) groups excluding carboxylic acids is 1. The maximum Gasteiger partial charge on any atom is 0.331 e. The molecule has 0 aromatic carbocycles. The highest BCUT2D eigenvalue weighted by atomic mass is 32.2. The fraction of sp³-hybridized carbons (Fsp3) is 0.871. The number of aliphatic imine (C=N–C) groups is 1. The van der Waals surface area contributed by atoms with Crippen molar-refractivity contribution in [2.75, 3.05) is 12.4 Å². The van der Waals surface area contributed by atoms with Gasteiger partial charge in [0.2, 0.25) is 6.29 Å². The standard InChI is InChI=1S/C31H43NO8S/c1-16-13-29(32-8-9-41-29)31(36)26(38-16)39-22-11-18-4-5-20-19(27(18,2)14-23(22)40-31)6-7-28(3)21(12-24(33)30(20,28)35)17-10-25(34)37-15-17/h8,10,16,18-24,26,33,35-36H,4-7,9,11-15H2,1-3H3. The zero-order valence-corrected chi connectivity index (χ0v) is 25.0. The van der Waals surface area contributed by atoms with Crippen molar-refractivity contribution in [1.29, 1.82) is 0 Å². The molecule has 41 heavy (non-hydrogen) atoms. The second-order valence-corrected chi connectivity index (χ2v) is 16.1. The molecule has 1 spiro atoms. The summed E-state index contributed by atoms with van der Waals surface area (Å²) in [6.07, 6.45) is 7.20. The molecule has 4 saturated carbocycles. The monoisotopic (exact) mass is 589 g/mol. The number of hydrogen-bond donors (Lipinski definition) is 3. The van der Waals surface area contributed by atoms with Gasteiger partial charge in [0.15, 0.2) is 4.87 Å². The van der Waals surface area contributed by atoms with E-state index >= 15 is 0 Å². The molecule has 8 rings (SSSR count). The van der Waals surface area contributed by atoms with Gasteiger partial charge in [-0.15, -0.1) is 11.8 Å². The Bertz CT molecular complexity index is 1210. The highest BCUT2D eigenvalue weighted by molar-refractivity contribution is 8.01. The molecule has 4 heterocycles. The van der Waals surface area contributed by atoms with Crippen molar-refractivity contribution in [2.24, 2.45) is 39.5 Å². The summed E-state index contributed by atoms with van der Waals surface area (Å²) in [5, 5.41) is 36.2. The van der Waals surface area contributed by atoms with Crippen molar-refractivity contribution in [3.8, 4) is 0 Å². The van der Waals surface area contributed by atoms with Gasteiger partial charge in [-0.05, 0) is 86.5 Å². The van der Waals surface area contributed by atoms with Gasteiger partial charge in [-0.1, -0.05) is 13.8 Å². The molecule has 0 aromatic heterocycles. The van der Waals surface area contributed by atoms with Crippen molar-refractivity contribution < 1.29 is 39.1 Å². The summed E-state index contributed by atoms with van der Waals surface area (Å²) in [5.74, 6) is -0.810. The van der Waals surface area contributed by atoms with E-state index in [0.717, 1.165) is 49.9 Å². The molecule has 10 heteroatoms. The van der Waals surface area contributed by atoms with Crippen LogP contribution < -0.4 is 0 Å². The molecule has 0 bridgehead atoms. The van der Waals surface area contributed by atoms with E-state index in [2.05, 4.69) is 13.8 Å². The van der Waals surface area contributed by atoms with Crippen LogP contribution in [0.3, 0.4) is 0 Å². The lowest BCUT2D eigenvalue weighted by molar-refractivity contribution is -0.446. The second-order valence-electron chi connectivity index (χ2n) is 14.8. The van der Waals surface area contributed by atoms with E-state index in [4.69, 9.17) is 23.9 Å². The first-order valence-electron chi connectivity index (χ1n) is 15.6. The molecule has 9 nitrogen and oxygen atoms in total. The van der Waals surface area contributed by atoms with E-state index in [9.17, 15) is 20.1 Å². The molecule has 3 N–H and O–H groups in total. The SMILES string of the molecule is CC1CC2(N=CCS2)C2(O)OC3CC4(C)C(CCC5C4CCC4(C)C(C6=CC(=O)OC6)CC(O)C54O)CC3OC2O1. The lowest BCUT2D eigenvalue weighted by Gasteiger charge is -2.66. The topological polar surface area (TPSA) is 127 Å². The molecule has 226 valence electrons. The van der Waals surface area contributed by atoms with Gasteiger partial charge in [0.1, 0.15) is 6.61 Å². The summed E-state index contributed by atoms with van der Waals surface area (Å²) in [4.78, 5) is 15.8. The molecule has 14 atom stereocenters. The third kappa shape index (κ3) is 3.41. The van der Waals surface area contributed by atoms with Gasteiger partial charge >= 0.3 is 5.97 Å². The van der Waals surface area contributed by atoms with Crippen molar-refractivity contribution in [1.82, 2.24) is 0 Å². The van der Waals surface area contributed by atoms with E-state index < -0.39 is 34.1 Å². The first-order chi connectivity index (χ1) is 19.4. The third-order valence-corrected chi connectivity index (χ3v) is 14.5. The number of thioether (sulfide) groups is 1. The second kappa shape index (κ2) is 8.79. The summed E-state index contributed by atoms with van der Waals surface area (Å²) in [6, 6.07) is 0. The number of ether oxygens (including phenoxy) is 4. The fourth-order valence-electron chi connectivity index (χ4n) is 11.1. The zero-order chi connectivity index (χ0) is 28.6. The van der Waals surface area contributed by atoms with Gasteiger partial charge in [0, 0.05) is 29.9 Å². The number of esters is 1. The lowest BCUT2D eigenvalue weighted by atomic mass is 9.42. The van der Waals surface area contributed by atoms with E-state index in [-0.39, 0.29) is 54.1 Å². The smallest absolute Gasteiger partial charge is 0.331 e. The number of aliphatic hydroxyl groups excluding tert-OH is 1. The van der Waals surface area contributed by atoms with Crippen LogP contribution in [0.15, 0.2) is 16.6 Å². The first-order valence-corrected chi connectivity index (χ1v) is 16.6. The average Bonchev–Trinajstić information content (AvgIpc) is 3.61. The maximum absolute atomic E-state index is 12.6. The number of hydrogen-bond acceptors (Lipinski definition) is 10. The van der Waals surface area contributed by atoms with Gasteiger partial charge in [-0.25, -0.2) is 4.79 Å². The Kier molecular flexibility index (Phi) is 5.91. The van der Waals surface area contributed by atoms with Gasteiger partial charge in [-0.2, -0.15) is 0 Å². The first kappa shape index (κ1) is 27.5. The normalized spacial score (nSPS) is 59.1. The predicted molar refractivity (Wildman–Crippen MR) is 150 cm³/mol. The summed E-state index contributed by atoms with van der Waals surface area (Å²) < 4.78 is 24.7. The van der Waals surface area contributed by atoms with Crippen LogP contribution in [-0.4, -0.2) is 86.8 Å². The maximum atomic E-state index is 12.6. The Morgan fingerprint density at radius 1 is 1.05 bits per heavy atom. The highest BCUT2D eigenvalue weighted by Crippen LogP contribution is 2.70. The van der Waals surface area contributed by atoms with Crippen LogP contribution in [-0.2, 0) is 23.7 Å². The number of nitrogens with zero attached hydrogens (tertiary/aromatic N) is 1. The molecule has 0 aromatic rings. The molecule has 8 aliphatic rings. The molecular formula is C31H43NO8S. The summed E-state index contributed by atoms with van der Waals surface area (Å²) in [5.41, 5.74) is -0.995. The zero-order valence-electron chi connectivity index (χ0n) is 24.2. The number of carbonyl (C=O) groups is 1. The molecule has 0 radical (unpaired) electrons. The van der Waals surface area contributed by atoms with Crippen LogP contribution in [0.25, 0.3) is 0 Å². The number of fused-ring (bicyclic) bond motifs is 8. The van der Waals surface area contributed by atoms with Gasteiger partial charge in [-0.3, -0.25) is 4.99 Å². The number of rotatable bonds is 1. The highest BCUT2D eigenvalue weighted by Gasteiger charge is 2.73. The number of aliphatic hydroxyl groups is 3. The van der Waals surface area contributed by atoms with Crippen LogP contribution in [0.2, 0.25) is 0 Å². The summed E-state index contributed by atoms with van der Waals surface area (Å²) in [7, 11) is 0. The van der Waals surface area contributed by atoms with Crippen molar-refractivity contribution in [2.45, 2.75) is 119 Å². The molecule has 6 fully saturated rings. The molecule has 4 aliphatic carbocycles. The Balaban J connectivity index is 1.10. The average molecular weight is 590 g/mol. The minimum Gasteiger partial charge on any atom is -0.458 e. The Labute approximate surface area is 245 Å². The van der Waals surface area contributed by atoms with Gasteiger partial charge < -0.3 is 34.3 Å². The minimum atomic E-state index is -1.66. The molecule has 0 amide bonds. The fourth-order valence-corrected chi connectivity index (χ4v) is 12.4. The molecule has 14 unspecified atom stereocenters. The Hall–Kier alpha value is -1.01. The quantitative estimate of drug-likeness (QED) is 0.313. The van der Waals surface area contributed by atoms with Crippen LogP contribution >= 0.6 is 11.8 Å². The van der Waals surface area contributed by atoms with E-state index in [1.807, 2.05) is 13.1 Å². The van der Waals surface area contributed by atoms with Crippen LogP contribution in [0.1, 0.15) is 72.1 Å². The van der Waals surface area contributed by atoms with Crippen LogP contribution in [0.5, 0.6) is 0 Å². The van der Waals surface area contributed by atoms with Crippen LogP contribution in [0.4, 0.5) is 0 Å². The third-order valence-electron chi connectivity index (χ3n) is 13.1. The van der Waals surface area contributed by atoms with E-state index in [1.54, 1.807) is 17.8 Å². The van der Waals surface area contributed by atoms with Gasteiger partial charge in [0.25, 0.3) is 5.79 Å². The molecule has 2 saturated heterocycles. The summed E-state index contributed by atoms with van der Waals surface area (Å²) >= 11 is 1.60. The van der Waals surface area contributed by atoms with Crippen molar-refractivity contribution >= 4 is 23.9 Å². The van der Waals surface area contributed by atoms with Crippen molar-refractivity contribution in [3.63, 3.8) is 0 Å². The predicted octanol–water partition coefficient (Wildman–Crippen LogP) is 2.95. The Morgan fingerprint density at radius 3 is 2.61 bits per heavy atom. The molecule has 4 aliphatic heterocycles. The summed E-state index contributed by atoms with van der Waals surface area (Å²) in [6.45, 7) is 6.73. The minimum absolute atomic E-state index is 0.0572. The number of cyclic esters (lactones) is 1. The van der Waals surface area contributed by atoms with Crippen LogP contribution in [0, 0.1) is 34.5 Å².